The quantitative estimate of drug-likeness (QED) is 0.703. The molecule has 0 saturated carbocycles. The standard InChI is InChI=1S/C15H24F2N2OS/c16-15(17)21-12-14-6-5-13(20-14)11-18-7-4-10-19-8-2-1-3-9-19/h5-6,15,18H,1-4,7-12H2. The Kier molecular flexibility index (Phi) is 7.53. The molecule has 3 nitrogen and oxygen atoms in total. The number of piperidine rings is 1. The minimum Gasteiger partial charge on any atom is -0.464 e. The van der Waals surface area contributed by atoms with Gasteiger partial charge >= 0.3 is 0 Å². The molecule has 21 heavy (non-hydrogen) atoms. The fraction of sp³-hybridized carbons (Fsp3) is 0.733. The summed E-state index contributed by atoms with van der Waals surface area (Å²) in [6.07, 6.45) is 5.17. The van der Waals surface area contributed by atoms with E-state index in [1.165, 1.54) is 32.4 Å². The van der Waals surface area contributed by atoms with Crippen molar-refractivity contribution in [3.63, 3.8) is 0 Å². The first-order chi connectivity index (χ1) is 10.2. The third-order valence-electron chi connectivity index (χ3n) is 3.64. The van der Waals surface area contributed by atoms with E-state index in [0.717, 1.165) is 25.3 Å². The van der Waals surface area contributed by atoms with E-state index in [2.05, 4.69) is 10.2 Å². The molecule has 0 amide bonds. The molecule has 0 bridgehead atoms. The monoisotopic (exact) mass is 318 g/mol. The van der Waals surface area contributed by atoms with E-state index in [9.17, 15) is 8.78 Å². The number of likely N-dealkylation sites (tertiary alicyclic amines) is 1. The lowest BCUT2D eigenvalue weighted by atomic mass is 10.1. The zero-order chi connectivity index (χ0) is 14.9. The van der Waals surface area contributed by atoms with Crippen LogP contribution < -0.4 is 5.32 Å². The van der Waals surface area contributed by atoms with Crippen molar-refractivity contribution >= 4 is 11.8 Å². The van der Waals surface area contributed by atoms with Crippen molar-refractivity contribution in [2.24, 2.45) is 0 Å². The number of hydrogen-bond acceptors (Lipinski definition) is 4. The van der Waals surface area contributed by atoms with Crippen molar-refractivity contribution in [3.05, 3.63) is 23.7 Å². The number of halogens is 2. The van der Waals surface area contributed by atoms with Gasteiger partial charge in [-0.1, -0.05) is 18.2 Å². The molecule has 1 saturated heterocycles. The molecule has 0 unspecified atom stereocenters. The van der Waals surface area contributed by atoms with Crippen molar-refractivity contribution in [2.45, 2.75) is 43.7 Å². The number of alkyl halides is 2. The van der Waals surface area contributed by atoms with E-state index in [0.29, 0.717) is 24.1 Å². The summed E-state index contributed by atoms with van der Waals surface area (Å²) in [6.45, 7) is 5.26. The molecule has 0 aromatic carbocycles. The maximum atomic E-state index is 12.1. The Labute approximate surface area is 129 Å². The van der Waals surface area contributed by atoms with Gasteiger partial charge in [0.25, 0.3) is 5.76 Å². The lowest BCUT2D eigenvalue weighted by Crippen LogP contribution is -2.32. The van der Waals surface area contributed by atoms with Crippen LogP contribution in [0.4, 0.5) is 8.78 Å². The molecule has 2 heterocycles. The molecule has 0 atom stereocenters. The normalized spacial score (nSPS) is 16.7. The van der Waals surface area contributed by atoms with Crippen LogP contribution in [-0.2, 0) is 12.3 Å². The van der Waals surface area contributed by atoms with Gasteiger partial charge in [0.1, 0.15) is 11.5 Å². The predicted molar refractivity (Wildman–Crippen MR) is 82.6 cm³/mol. The van der Waals surface area contributed by atoms with E-state index < -0.39 is 5.76 Å². The van der Waals surface area contributed by atoms with Crippen LogP contribution in [0.5, 0.6) is 0 Å². The van der Waals surface area contributed by atoms with Crippen molar-refractivity contribution in [1.82, 2.24) is 10.2 Å². The number of furan rings is 1. The number of thioether (sulfide) groups is 1. The molecule has 6 heteroatoms. The molecular weight excluding hydrogens is 294 g/mol. The summed E-state index contributed by atoms with van der Waals surface area (Å²) in [7, 11) is 0. The van der Waals surface area contributed by atoms with E-state index >= 15 is 0 Å². The molecule has 0 aliphatic carbocycles. The summed E-state index contributed by atoms with van der Waals surface area (Å²) in [6, 6.07) is 3.64. The van der Waals surface area contributed by atoms with Gasteiger partial charge in [0.05, 0.1) is 12.3 Å². The largest absolute Gasteiger partial charge is 0.464 e. The average molecular weight is 318 g/mol. The first-order valence-electron chi connectivity index (χ1n) is 7.64. The summed E-state index contributed by atoms with van der Waals surface area (Å²) in [5, 5.41) is 3.34. The van der Waals surface area contributed by atoms with E-state index in [1.807, 2.05) is 6.07 Å². The Bertz CT molecular complexity index is 395. The Morgan fingerprint density at radius 2 is 1.95 bits per heavy atom. The Balaban J connectivity index is 1.54. The summed E-state index contributed by atoms with van der Waals surface area (Å²) in [5.41, 5.74) is 0. The summed E-state index contributed by atoms with van der Waals surface area (Å²) < 4.78 is 29.6. The molecule has 120 valence electrons. The molecule has 1 aromatic heterocycles. The maximum Gasteiger partial charge on any atom is 0.284 e. The van der Waals surface area contributed by atoms with Gasteiger partial charge < -0.3 is 14.6 Å². The average Bonchev–Trinajstić information content (AvgIpc) is 2.94. The molecule has 1 N–H and O–H groups in total. The summed E-state index contributed by atoms with van der Waals surface area (Å²) in [5.74, 6) is -0.679. The van der Waals surface area contributed by atoms with Crippen LogP contribution in [0, 0.1) is 0 Å². The number of nitrogens with one attached hydrogen (secondary N) is 1. The third kappa shape index (κ3) is 6.80. The topological polar surface area (TPSA) is 28.4 Å². The molecule has 1 aliphatic heterocycles. The van der Waals surface area contributed by atoms with Gasteiger partial charge in [0.2, 0.25) is 0 Å². The first kappa shape index (κ1) is 16.8. The van der Waals surface area contributed by atoms with Crippen LogP contribution in [0.15, 0.2) is 16.5 Å². The second kappa shape index (κ2) is 9.43. The lowest BCUT2D eigenvalue weighted by molar-refractivity contribution is 0.225. The van der Waals surface area contributed by atoms with Gasteiger partial charge in [-0.25, -0.2) is 0 Å². The zero-order valence-corrected chi connectivity index (χ0v) is 13.1. The van der Waals surface area contributed by atoms with Gasteiger partial charge in [-0.2, -0.15) is 8.78 Å². The second-order valence-electron chi connectivity index (χ2n) is 5.37. The van der Waals surface area contributed by atoms with Crippen LogP contribution in [0.25, 0.3) is 0 Å². The molecule has 1 fully saturated rings. The van der Waals surface area contributed by atoms with Crippen LogP contribution >= 0.6 is 11.8 Å². The van der Waals surface area contributed by atoms with E-state index in [-0.39, 0.29) is 5.75 Å². The summed E-state index contributed by atoms with van der Waals surface area (Å²) >= 11 is 0.592. The number of hydrogen-bond donors (Lipinski definition) is 1. The Morgan fingerprint density at radius 1 is 1.19 bits per heavy atom. The molecule has 0 spiro atoms. The molecule has 0 radical (unpaired) electrons. The Hall–Kier alpha value is -0.590. The molecule has 1 aliphatic rings. The van der Waals surface area contributed by atoms with E-state index in [1.54, 1.807) is 6.07 Å². The van der Waals surface area contributed by atoms with Gasteiger partial charge in [0, 0.05) is 0 Å². The highest BCUT2D eigenvalue weighted by atomic mass is 32.2. The summed E-state index contributed by atoms with van der Waals surface area (Å²) in [4.78, 5) is 2.53. The van der Waals surface area contributed by atoms with Crippen LogP contribution in [0.1, 0.15) is 37.2 Å². The van der Waals surface area contributed by atoms with E-state index in [4.69, 9.17) is 4.42 Å². The van der Waals surface area contributed by atoms with Crippen molar-refractivity contribution < 1.29 is 13.2 Å². The highest BCUT2D eigenvalue weighted by Crippen LogP contribution is 2.21. The Morgan fingerprint density at radius 3 is 2.71 bits per heavy atom. The molecular formula is C15H24F2N2OS. The van der Waals surface area contributed by atoms with Crippen molar-refractivity contribution in [2.75, 3.05) is 26.2 Å². The van der Waals surface area contributed by atoms with Gasteiger partial charge in [0.15, 0.2) is 0 Å². The maximum absolute atomic E-state index is 12.1. The van der Waals surface area contributed by atoms with Gasteiger partial charge in [-0.05, 0) is 57.6 Å². The number of rotatable bonds is 9. The third-order valence-corrected chi connectivity index (χ3v) is 4.35. The fourth-order valence-electron chi connectivity index (χ4n) is 2.56. The lowest BCUT2D eigenvalue weighted by Gasteiger charge is -2.26. The minimum atomic E-state index is -2.34. The predicted octanol–water partition coefficient (Wildman–Crippen LogP) is 3.70. The minimum absolute atomic E-state index is 0.229. The highest BCUT2D eigenvalue weighted by Gasteiger charge is 2.09. The van der Waals surface area contributed by atoms with Crippen molar-refractivity contribution in [1.29, 1.82) is 0 Å². The SMILES string of the molecule is FC(F)SCc1ccc(CNCCCN2CCCCC2)o1. The number of nitrogens with zero attached hydrogens (tertiary/aromatic N) is 1. The van der Waals surface area contributed by atoms with Crippen LogP contribution in [0.3, 0.4) is 0 Å². The second-order valence-corrected chi connectivity index (χ2v) is 6.35. The molecule has 1 aromatic rings. The fourth-order valence-corrected chi connectivity index (χ4v) is 3.01. The van der Waals surface area contributed by atoms with Gasteiger partial charge in [-0.15, -0.1) is 0 Å². The first-order valence-corrected chi connectivity index (χ1v) is 8.69. The van der Waals surface area contributed by atoms with Crippen molar-refractivity contribution in [3.8, 4) is 0 Å². The van der Waals surface area contributed by atoms with Crippen LogP contribution in [0.2, 0.25) is 0 Å². The van der Waals surface area contributed by atoms with Crippen LogP contribution in [-0.4, -0.2) is 36.8 Å². The van der Waals surface area contributed by atoms with Gasteiger partial charge in [-0.3, -0.25) is 0 Å². The smallest absolute Gasteiger partial charge is 0.284 e. The molecule has 2 rings (SSSR count). The highest BCUT2D eigenvalue weighted by molar-refractivity contribution is 7.98. The zero-order valence-electron chi connectivity index (χ0n) is 12.3.